The Balaban J connectivity index is 0.000000117. The third-order valence-corrected chi connectivity index (χ3v) is 23.1. The van der Waals surface area contributed by atoms with Crippen molar-refractivity contribution >= 4 is 72.9 Å². The molecule has 9 aliphatic rings. The van der Waals surface area contributed by atoms with Crippen molar-refractivity contribution in [3.63, 3.8) is 0 Å². The first-order valence-corrected chi connectivity index (χ1v) is 39.2. The van der Waals surface area contributed by atoms with Gasteiger partial charge in [0, 0.05) is 191 Å². The van der Waals surface area contributed by atoms with Crippen LogP contribution in [0.25, 0.3) is 83.0 Å². The fourth-order valence-electron chi connectivity index (χ4n) is 17.3. The molecule has 15 aromatic rings. The molecular formula is C83H87F2N25O7. The second-order valence-electron chi connectivity index (χ2n) is 30.9. The minimum Gasteiger partial charge on any atom is -0.492 e. The number of piperidine rings is 3. The summed E-state index contributed by atoms with van der Waals surface area (Å²) in [5, 5.41) is 37.4. The molecule has 5 N–H and O–H groups in total. The predicted molar refractivity (Wildman–Crippen MR) is 435 cm³/mol. The number of ether oxygens (including phenoxy) is 7. The summed E-state index contributed by atoms with van der Waals surface area (Å²) in [4.78, 5) is 42.4. The number of rotatable bonds is 24. The van der Waals surface area contributed by atoms with Crippen LogP contribution in [-0.2, 0) is 24.4 Å². The van der Waals surface area contributed by atoms with E-state index in [2.05, 4.69) is 153 Å². The molecule has 0 aromatic carbocycles. The Bertz CT molecular complexity index is 5990. The first-order chi connectivity index (χ1) is 57.2. The molecule has 0 amide bonds. The Morgan fingerprint density at radius 1 is 0.444 bits per heavy atom. The number of fused-ring (bicyclic) bond motifs is 15. The van der Waals surface area contributed by atoms with Crippen LogP contribution in [-0.4, -0.2) is 234 Å². The number of nitrogens with one attached hydrogen (secondary N) is 3. The molecule has 34 heteroatoms. The van der Waals surface area contributed by atoms with Gasteiger partial charge in [-0.05, 0) is 96.5 Å². The molecule has 9 aliphatic heterocycles. The number of nitrogen functional groups attached to an aromatic ring is 1. The third-order valence-electron chi connectivity index (χ3n) is 23.1. The number of hydrogen-bond acceptors (Lipinski definition) is 26. The summed E-state index contributed by atoms with van der Waals surface area (Å²) in [6.45, 7) is 11.3. The normalized spacial score (nSPS) is 19.1. The summed E-state index contributed by atoms with van der Waals surface area (Å²) >= 11 is 0. The zero-order valence-corrected chi connectivity index (χ0v) is 65.3. The Morgan fingerprint density at radius 2 is 0.846 bits per heavy atom. The van der Waals surface area contributed by atoms with Crippen LogP contribution in [0.3, 0.4) is 0 Å². The van der Waals surface area contributed by atoms with Crippen LogP contribution in [0, 0.1) is 5.92 Å². The number of alkyl halides is 2. The van der Waals surface area contributed by atoms with Gasteiger partial charge in [-0.3, -0.25) is 30.0 Å². The molecule has 9 saturated heterocycles. The molecule has 15 aromatic heterocycles. The van der Waals surface area contributed by atoms with Crippen molar-refractivity contribution < 1.29 is 41.9 Å². The number of H-pyrrole nitrogens is 3. The molecule has 117 heavy (non-hydrogen) atoms. The summed E-state index contributed by atoms with van der Waals surface area (Å²) in [5.74, 6) is 7.15. The molecule has 0 saturated carbocycles. The van der Waals surface area contributed by atoms with Crippen molar-refractivity contribution in [2.45, 2.75) is 95.6 Å². The maximum Gasteiger partial charge on any atom is 0.387 e. The molecule has 6 bridgehead atoms. The van der Waals surface area contributed by atoms with Crippen molar-refractivity contribution in [3.8, 4) is 68.3 Å². The number of pyridine rings is 9. The lowest BCUT2D eigenvalue weighted by Gasteiger charge is -2.56. The van der Waals surface area contributed by atoms with E-state index in [-0.39, 0.29) is 5.75 Å². The average molecular weight is 1580 g/mol. The smallest absolute Gasteiger partial charge is 0.387 e. The lowest BCUT2D eigenvalue weighted by Crippen LogP contribution is -2.68. The van der Waals surface area contributed by atoms with Gasteiger partial charge in [-0.1, -0.05) is 32.0 Å². The molecule has 9 fully saturated rings. The minimum atomic E-state index is -2.94. The predicted octanol–water partition coefficient (Wildman–Crippen LogP) is 10.7. The Morgan fingerprint density at radius 3 is 1.23 bits per heavy atom. The minimum absolute atomic E-state index is 0.0213. The van der Waals surface area contributed by atoms with E-state index < -0.39 is 6.61 Å². The van der Waals surface area contributed by atoms with E-state index in [1.807, 2.05) is 90.5 Å². The molecule has 0 spiro atoms. The lowest BCUT2D eigenvalue weighted by molar-refractivity contribution is -0.0501. The van der Waals surface area contributed by atoms with Crippen LogP contribution in [0.2, 0.25) is 0 Å². The van der Waals surface area contributed by atoms with E-state index in [1.165, 1.54) is 46.7 Å². The van der Waals surface area contributed by atoms with E-state index >= 15 is 0 Å². The number of anilines is 4. The maximum atomic E-state index is 13.0. The van der Waals surface area contributed by atoms with Gasteiger partial charge >= 0.3 is 6.61 Å². The van der Waals surface area contributed by atoms with E-state index in [0.29, 0.717) is 108 Å². The molecule has 24 rings (SSSR count). The van der Waals surface area contributed by atoms with Crippen molar-refractivity contribution in [3.05, 3.63) is 176 Å². The molecule has 600 valence electrons. The molecule has 32 nitrogen and oxygen atoms in total. The quantitative estimate of drug-likeness (QED) is 0.0408. The topological polar surface area (TPSA) is 325 Å². The van der Waals surface area contributed by atoms with Crippen LogP contribution in [0.15, 0.2) is 159 Å². The zero-order valence-electron chi connectivity index (χ0n) is 65.3. The Hall–Kier alpha value is -12.9. The van der Waals surface area contributed by atoms with Gasteiger partial charge in [0.05, 0.1) is 98.2 Å². The number of aromatic amines is 3. The largest absolute Gasteiger partial charge is 0.492 e. The third kappa shape index (κ3) is 14.7. The number of hydrogen-bond donors (Lipinski definition) is 4. The van der Waals surface area contributed by atoms with Crippen molar-refractivity contribution in [2.24, 2.45) is 5.92 Å². The fourth-order valence-corrected chi connectivity index (χ4v) is 17.3. The highest BCUT2D eigenvalue weighted by atomic mass is 19.3. The second-order valence-corrected chi connectivity index (χ2v) is 30.9. The van der Waals surface area contributed by atoms with Crippen molar-refractivity contribution in [1.82, 2.24) is 104 Å². The number of piperazine rings is 3. The van der Waals surface area contributed by atoms with E-state index in [1.54, 1.807) is 51.4 Å². The van der Waals surface area contributed by atoms with Crippen LogP contribution in [0.5, 0.6) is 34.9 Å². The first kappa shape index (κ1) is 74.2. The first-order valence-electron chi connectivity index (χ1n) is 39.2. The van der Waals surface area contributed by atoms with Crippen LogP contribution in [0.4, 0.5) is 32.1 Å². The lowest BCUT2D eigenvalue weighted by atomic mass is 9.87. The number of methoxy groups -OCH3 is 4. The number of nitrogens with two attached hydrogens (primary N) is 1. The summed E-state index contributed by atoms with van der Waals surface area (Å²) in [6, 6.07) is 33.1. The second kappa shape index (κ2) is 31.4. The van der Waals surface area contributed by atoms with Gasteiger partial charge in [0.25, 0.3) is 0 Å². The highest BCUT2D eigenvalue weighted by molar-refractivity contribution is 6.07. The maximum absolute atomic E-state index is 13.0. The monoisotopic (exact) mass is 1580 g/mol. The molecule has 6 atom stereocenters. The summed E-state index contributed by atoms with van der Waals surface area (Å²) in [7, 11) is 6.55. The van der Waals surface area contributed by atoms with E-state index in [4.69, 9.17) is 53.8 Å². The van der Waals surface area contributed by atoms with Crippen LogP contribution >= 0.6 is 0 Å². The average Bonchev–Trinajstić information content (AvgIpc) is 1.60. The molecule has 0 radical (unpaired) electrons. The molecule has 6 unspecified atom stereocenters. The van der Waals surface area contributed by atoms with Gasteiger partial charge in [-0.15, -0.1) is 15.3 Å². The van der Waals surface area contributed by atoms with Crippen molar-refractivity contribution in [1.29, 1.82) is 0 Å². The molecule has 24 heterocycles. The van der Waals surface area contributed by atoms with Gasteiger partial charge in [0.1, 0.15) is 41.3 Å². The number of aromatic nitrogens is 18. The summed E-state index contributed by atoms with van der Waals surface area (Å²) < 4.78 is 68.5. The van der Waals surface area contributed by atoms with Gasteiger partial charge in [-0.25, -0.2) is 43.5 Å². The standard InChI is InChI=1S/C29H32N8O2.C28H31N9O3.C26H24F2N8O2/c1-18(2)17-39-23-9-24(28-25-12-32-33-29(25)34-37(28)16-23)20-5-6-26(30-11-20)35-14-21-8-22(15-35)36(21)13-19-4-7-27(38-3)31-10-19;1-38-7-8-40-21-10-22(26-25-27(29)32-33-28(25)34-37(26)16-21)18-4-5-23(30-12-18)35-14-19-9-20(15-35)36(19)13-17-3-6-24(39-2)31-11-17;1-37-23-5-2-15(8-30-23)11-35-17-6-18(35)13-34(12-17)22-4-3-16(9-29-22)20-7-19(38-26(27)28)14-36-24(20)21-10-31-32-25(21)33-36/h4-7,9-12,16,18,21-22H,8,13-15,17H2,1-3H3,(H,33,34);3-6,10-12,16,19-20H,7-9,13-15H2,1-2H3,(H2,29,32)(H,33,34);2-5,7-10,14,17-18,26H,6,11-13H2,1H3,(H,32,33). The van der Waals surface area contributed by atoms with E-state index in [0.717, 1.165) is 148 Å². The summed E-state index contributed by atoms with van der Waals surface area (Å²) in [5.41, 5.74) is 19.7. The van der Waals surface area contributed by atoms with Gasteiger partial charge in [0.15, 0.2) is 22.8 Å². The number of nitrogens with zero attached hydrogens (tertiary/aromatic N) is 21. The molecule has 0 aliphatic carbocycles. The van der Waals surface area contributed by atoms with Gasteiger partial charge in [0.2, 0.25) is 17.6 Å². The van der Waals surface area contributed by atoms with E-state index in [9.17, 15) is 8.78 Å². The Labute approximate surface area is 669 Å². The van der Waals surface area contributed by atoms with Gasteiger partial charge < -0.3 is 53.6 Å². The fraction of sp³-hybridized carbons (Fsp3) is 0.349. The Kier molecular flexibility index (Phi) is 19.9. The zero-order chi connectivity index (χ0) is 79.5. The highest BCUT2D eigenvalue weighted by Gasteiger charge is 2.47. The van der Waals surface area contributed by atoms with Crippen molar-refractivity contribution in [2.75, 3.05) is 108 Å². The summed E-state index contributed by atoms with van der Waals surface area (Å²) in [6.07, 6.45) is 23.7. The molecular weight excluding hydrogens is 1500 g/mol. The SMILES string of the molecule is COCCOc1cc(-c2ccc(N3CC4CC(C3)N4Cc3ccc(OC)nc3)nc2)c2c3c(N)n[nH]c3nn2c1.COc1ccc(CN2C3CC2CN(c2ccc(-c4cc(OC(F)F)cn5nc6[nH]ncc6c45)cn2)C3)cn1.COc1ccc(CN2C3CC2CN(c2ccc(-c4cc(OCC(C)C)cn5nc6[nH]ncc6c45)cn2)C3)cn1. The number of halogens is 2. The van der Waals surface area contributed by atoms with Gasteiger partial charge in [-0.2, -0.15) is 24.1 Å². The van der Waals surface area contributed by atoms with Crippen LogP contribution < -0.4 is 48.9 Å². The van der Waals surface area contributed by atoms with Crippen LogP contribution in [0.1, 0.15) is 49.8 Å². The highest BCUT2D eigenvalue weighted by Crippen LogP contribution is 2.43.